The zero-order valence-electron chi connectivity index (χ0n) is 15.9. The van der Waals surface area contributed by atoms with Crippen molar-refractivity contribution < 1.29 is 14.3 Å². The van der Waals surface area contributed by atoms with Crippen LogP contribution in [-0.2, 0) is 0 Å². The van der Waals surface area contributed by atoms with Gasteiger partial charge in [0.05, 0.1) is 0 Å². The zero-order valence-corrected chi connectivity index (χ0v) is 15.9. The van der Waals surface area contributed by atoms with Gasteiger partial charge >= 0.3 is 0 Å². The van der Waals surface area contributed by atoms with Gasteiger partial charge in [0, 0.05) is 17.9 Å². The molecule has 3 nitrogen and oxygen atoms in total. The van der Waals surface area contributed by atoms with Crippen LogP contribution in [0.3, 0.4) is 0 Å². The average Bonchev–Trinajstić information content (AvgIpc) is 3.25. The monoisotopic (exact) mass is 380 g/mol. The molecule has 0 radical (unpaired) electrons. The lowest BCUT2D eigenvalue weighted by atomic mass is 9.85. The van der Waals surface area contributed by atoms with Gasteiger partial charge in [0.25, 0.3) is 0 Å². The number of carbonyl (C=O) groups excluding carboxylic acids is 1. The molecule has 0 saturated heterocycles. The summed E-state index contributed by atoms with van der Waals surface area (Å²) >= 11 is 0. The highest BCUT2D eigenvalue weighted by Gasteiger charge is 2.23. The van der Waals surface area contributed by atoms with Crippen LogP contribution < -0.4 is 9.47 Å². The Morgan fingerprint density at radius 2 is 1.52 bits per heavy atom. The van der Waals surface area contributed by atoms with Gasteiger partial charge in [-0.05, 0) is 34.0 Å². The molecule has 0 amide bonds. The molecular weight excluding hydrogens is 360 g/mol. The maximum Gasteiger partial charge on any atom is 0.231 e. The van der Waals surface area contributed by atoms with E-state index in [0.717, 1.165) is 39.0 Å². The number of fused-ring (bicyclic) bond motifs is 2. The van der Waals surface area contributed by atoms with Crippen molar-refractivity contribution in [3.63, 3.8) is 0 Å². The fraction of sp³-hybridized carbons (Fsp3) is 0.115. The molecule has 5 rings (SSSR count). The molecule has 0 bridgehead atoms. The maximum atomic E-state index is 13.4. The van der Waals surface area contributed by atoms with Gasteiger partial charge in [0.1, 0.15) is 0 Å². The number of ether oxygens (including phenoxy) is 2. The van der Waals surface area contributed by atoms with E-state index in [1.807, 2.05) is 78.9 Å². The largest absolute Gasteiger partial charge is 0.454 e. The molecule has 29 heavy (non-hydrogen) atoms. The van der Waals surface area contributed by atoms with Crippen molar-refractivity contribution in [3.8, 4) is 11.5 Å². The lowest BCUT2D eigenvalue weighted by molar-refractivity contribution is 0.0979. The van der Waals surface area contributed by atoms with Crippen LogP contribution >= 0.6 is 0 Å². The van der Waals surface area contributed by atoms with E-state index < -0.39 is 0 Å². The van der Waals surface area contributed by atoms with Gasteiger partial charge < -0.3 is 9.47 Å². The summed E-state index contributed by atoms with van der Waals surface area (Å²) in [5.74, 6) is 1.56. The highest BCUT2D eigenvalue weighted by molar-refractivity contribution is 6.08. The van der Waals surface area contributed by atoms with Crippen molar-refractivity contribution >= 4 is 16.6 Å². The van der Waals surface area contributed by atoms with Crippen molar-refractivity contribution in [2.24, 2.45) is 0 Å². The van der Waals surface area contributed by atoms with Gasteiger partial charge in [0.15, 0.2) is 17.3 Å². The Labute approximate surface area is 169 Å². The van der Waals surface area contributed by atoms with Gasteiger partial charge in [0.2, 0.25) is 6.79 Å². The van der Waals surface area contributed by atoms with E-state index in [0.29, 0.717) is 6.42 Å². The quantitative estimate of drug-likeness (QED) is 0.400. The summed E-state index contributed by atoms with van der Waals surface area (Å²) in [6, 6.07) is 30.1. The summed E-state index contributed by atoms with van der Waals surface area (Å²) in [5.41, 5.74) is 2.93. The Bertz CT molecular complexity index is 1180. The molecule has 0 N–H and O–H groups in total. The summed E-state index contributed by atoms with van der Waals surface area (Å²) in [4.78, 5) is 13.4. The second-order valence-corrected chi connectivity index (χ2v) is 7.23. The first-order valence-electron chi connectivity index (χ1n) is 9.75. The second-order valence-electron chi connectivity index (χ2n) is 7.23. The SMILES string of the molecule is O=C(CC(c1ccccc1)c1ccc2c(c1)OCO2)c1cccc2ccccc12. The highest BCUT2D eigenvalue weighted by Crippen LogP contribution is 2.38. The van der Waals surface area contributed by atoms with E-state index in [4.69, 9.17) is 9.47 Å². The van der Waals surface area contributed by atoms with Gasteiger partial charge in [-0.25, -0.2) is 0 Å². The molecule has 1 heterocycles. The lowest BCUT2D eigenvalue weighted by Crippen LogP contribution is -2.10. The predicted octanol–water partition coefficient (Wildman–Crippen LogP) is 5.97. The maximum absolute atomic E-state index is 13.4. The Hall–Kier alpha value is -3.59. The zero-order chi connectivity index (χ0) is 19.6. The molecule has 4 aromatic carbocycles. The van der Waals surface area contributed by atoms with Crippen LogP contribution in [0.5, 0.6) is 11.5 Å². The molecule has 3 heteroatoms. The molecule has 0 aromatic heterocycles. The number of Topliss-reactive ketones (excluding diaryl/α,β-unsaturated/α-hetero) is 1. The lowest BCUT2D eigenvalue weighted by Gasteiger charge is -2.18. The number of benzene rings is 4. The normalized spacial score (nSPS) is 13.4. The molecule has 0 aliphatic carbocycles. The van der Waals surface area contributed by atoms with Crippen molar-refractivity contribution in [2.45, 2.75) is 12.3 Å². The Morgan fingerprint density at radius 1 is 0.759 bits per heavy atom. The smallest absolute Gasteiger partial charge is 0.231 e. The van der Waals surface area contributed by atoms with E-state index >= 15 is 0 Å². The summed E-state index contributed by atoms with van der Waals surface area (Å²) in [6.07, 6.45) is 0.387. The molecule has 142 valence electrons. The first-order chi connectivity index (χ1) is 14.3. The van der Waals surface area contributed by atoms with Crippen molar-refractivity contribution in [1.29, 1.82) is 0 Å². The summed E-state index contributed by atoms with van der Waals surface area (Å²) < 4.78 is 11.0. The molecule has 0 spiro atoms. The number of hydrogen-bond donors (Lipinski definition) is 0. The van der Waals surface area contributed by atoms with Crippen LogP contribution in [0.2, 0.25) is 0 Å². The first kappa shape index (κ1) is 17.5. The molecule has 0 saturated carbocycles. The van der Waals surface area contributed by atoms with Crippen LogP contribution in [0.1, 0.15) is 33.8 Å². The molecular formula is C26H20O3. The van der Waals surface area contributed by atoms with Gasteiger partial charge in [-0.3, -0.25) is 4.79 Å². The first-order valence-corrected chi connectivity index (χ1v) is 9.75. The van der Waals surface area contributed by atoms with E-state index in [2.05, 4.69) is 12.1 Å². The predicted molar refractivity (Wildman–Crippen MR) is 114 cm³/mol. The summed E-state index contributed by atoms with van der Waals surface area (Å²) in [6.45, 7) is 0.240. The third-order valence-corrected chi connectivity index (χ3v) is 5.48. The number of ketones is 1. The second kappa shape index (κ2) is 7.44. The topological polar surface area (TPSA) is 35.5 Å². The van der Waals surface area contributed by atoms with Gasteiger partial charge in [-0.1, -0.05) is 78.9 Å². The molecule has 1 aliphatic rings. The third-order valence-electron chi connectivity index (χ3n) is 5.48. The van der Waals surface area contributed by atoms with Crippen LogP contribution in [0.25, 0.3) is 10.8 Å². The molecule has 4 aromatic rings. The standard InChI is InChI=1S/C26H20O3/c27-24(22-12-6-10-18-9-4-5-11-21(18)22)16-23(19-7-2-1-3-8-19)20-13-14-25-26(15-20)29-17-28-25/h1-15,23H,16-17H2. The molecule has 1 unspecified atom stereocenters. The van der Waals surface area contributed by atoms with E-state index in [-0.39, 0.29) is 18.5 Å². The fourth-order valence-corrected chi connectivity index (χ4v) is 4.01. The average molecular weight is 380 g/mol. The van der Waals surface area contributed by atoms with Crippen LogP contribution in [0.15, 0.2) is 91.0 Å². The van der Waals surface area contributed by atoms with Crippen molar-refractivity contribution in [1.82, 2.24) is 0 Å². The van der Waals surface area contributed by atoms with Crippen LogP contribution in [0, 0.1) is 0 Å². The Kier molecular flexibility index (Phi) is 4.49. The minimum absolute atomic E-state index is 0.0582. The fourth-order valence-electron chi connectivity index (χ4n) is 4.01. The summed E-state index contributed by atoms with van der Waals surface area (Å²) in [5, 5.41) is 2.08. The summed E-state index contributed by atoms with van der Waals surface area (Å²) in [7, 11) is 0. The van der Waals surface area contributed by atoms with Crippen LogP contribution in [-0.4, -0.2) is 12.6 Å². The van der Waals surface area contributed by atoms with E-state index in [9.17, 15) is 4.79 Å². The van der Waals surface area contributed by atoms with Crippen molar-refractivity contribution in [3.05, 3.63) is 108 Å². The number of carbonyl (C=O) groups is 1. The molecule has 0 fully saturated rings. The Morgan fingerprint density at radius 3 is 2.41 bits per heavy atom. The van der Waals surface area contributed by atoms with Gasteiger partial charge in [-0.2, -0.15) is 0 Å². The highest BCUT2D eigenvalue weighted by atomic mass is 16.7. The minimum atomic E-state index is -0.0582. The number of rotatable bonds is 5. The van der Waals surface area contributed by atoms with E-state index in [1.165, 1.54) is 0 Å². The minimum Gasteiger partial charge on any atom is -0.454 e. The third kappa shape index (κ3) is 3.36. The van der Waals surface area contributed by atoms with E-state index in [1.54, 1.807) is 0 Å². The molecule has 1 aliphatic heterocycles. The number of hydrogen-bond acceptors (Lipinski definition) is 3. The molecule has 1 atom stereocenters. The Balaban J connectivity index is 1.54. The van der Waals surface area contributed by atoms with Crippen molar-refractivity contribution in [2.75, 3.05) is 6.79 Å². The van der Waals surface area contributed by atoms with Gasteiger partial charge in [-0.15, -0.1) is 0 Å². The van der Waals surface area contributed by atoms with Crippen LogP contribution in [0.4, 0.5) is 0 Å².